The van der Waals surface area contributed by atoms with Gasteiger partial charge in [-0.15, -0.1) is 0 Å². The second-order valence-corrected chi connectivity index (χ2v) is 2.97. The lowest BCUT2D eigenvalue weighted by Gasteiger charge is -2.25. The number of fused-ring (bicyclic) bond motifs is 1. The van der Waals surface area contributed by atoms with Crippen LogP contribution in [0, 0.1) is 17.2 Å². The Balaban J connectivity index is 2.34. The van der Waals surface area contributed by atoms with E-state index in [1.165, 1.54) is 0 Å². The molecule has 4 nitrogen and oxygen atoms in total. The van der Waals surface area contributed by atoms with E-state index in [9.17, 15) is 0 Å². The lowest BCUT2D eigenvalue weighted by molar-refractivity contribution is 0.144. The summed E-state index contributed by atoms with van der Waals surface area (Å²) in [5.74, 6) is 0.406. The molecule has 2 atom stereocenters. The number of nitriles is 1. The van der Waals surface area contributed by atoms with E-state index in [1.54, 1.807) is 12.3 Å². The fourth-order valence-corrected chi connectivity index (χ4v) is 1.36. The molecule has 1 aliphatic rings. The predicted molar refractivity (Wildman–Crippen MR) is 45.6 cm³/mol. The van der Waals surface area contributed by atoms with Gasteiger partial charge in [-0.1, -0.05) is 0 Å². The van der Waals surface area contributed by atoms with E-state index < -0.39 is 6.23 Å². The van der Waals surface area contributed by atoms with Crippen molar-refractivity contribution in [1.82, 2.24) is 4.98 Å². The molecule has 2 heterocycles. The Morgan fingerprint density at radius 3 is 3.31 bits per heavy atom. The molecule has 0 fully saturated rings. The number of rotatable bonds is 0. The van der Waals surface area contributed by atoms with Gasteiger partial charge in [0.25, 0.3) is 0 Å². The Hall–Kier alpha value is -1.60. The lowest BCUT2D eigenvalue weighted by Crippen LogP contribution is -2.39. The molecule has 0 spiro atoms. The van der Waals surface area contributed by atoms with Crippen LogP contribution in [-0.4, -0.2) is 11.2 Å². The van der Waals surface area contributed by atoms with Crippen molar-refractivity contribution in [2.45, 2.75) is 12.6 Å². The predicted octanol–water partition coefficient (Wildman–Crippen LogP) is 0.441. The number of pyridine rings is 1. The van der Waals surface area contributed by atoms with Crippen molar-refractivity contribution in [3.05, 3.63) is 24.0 Å². The Kier molecular flexibility index (Phi) is 1.87. The molecule has 1 aliphatic heterocycles. The fraction of sp³-hybridized carbons (Fsp3) is 0.333. The highest BCUT2D eigenvalue weighted by molar-refractivity contribution is 5.30. The van der Waals surface area contributed by atoms with Crippen LogP contribution in [0.5, 0.6) is 5.75 Å². The van der Waals surface area contributed by atoms with Gasteiger partial charge in [-0.25, -0.2) is 0 Å². The summed E-state index contributed by atoms with van der Waals surface area (Å²) < 4.78 is 5.33. The largest absolute Gasteiger partial charge is 0.472 e. The van der Waals surface area contributed by atoms with Crippen molar-refractivity contribution < 1.29 is 4.74 Å². The molecule has 66 valence electrons. The third kappa shape index (κ3) is 1.34. The van der Waals surface area contributed by atoms with Crippen molar-refractivity contribution in [2.24, 2.45) is 11.7 Å². The van der Waals surface area contributed by atoms with Crippen molar-refractivity contribution in [3.63, 3.8) is 0 Å². The standard InChI is InChI=1S/C9H9N3O/c10-5-6-4-7-8(13-9(6)11)2-1-3-12-7/h1-3,6,9H,4,11H2. The van der Waals surface area contributed by atoms with Crippen molar-refractivity contribution in [3.8, 4) is 11.8 Å². The second-order valence-electron chi connectivity index (χ2n) is 2.97. The maximum absolute atomic E-state index is 8.75. The quantitative estimate of drug-likeness (QED) is 0.621. The number of nitrogens with zero attached hydrogens (tertiary/aromatic N) is 2. The Morgan fingerprint density at radius 2 is 2.54 bits per heavy atom. The summed E-state index contributed by atoms with van der Waals surface area (Å²) in [6, 6.07) is 5.71. The molecule has 1 aromatic rings. The molecule has 1 aromatic heterocycles. The number of ether oxygens (including phenoxy) is 1. The average molecular weight is 175 g/mol. The minimum Gasteiger partial charge on any atom is -0.472 e. The van der Waals surface area contributed by atoms with Crippen molar-refractivity contribution in [2.75, 3.05) is 0 Å². The van der Waals surface area contributed by atoms with Crippen LogP contribution in [0.15, 0.2) is 18.3 Å². The third-order valence-corrected chi connectivity index (χ3v) is 2.09. The summed E-state index contributed by atoms with van der Waals surface area (Å²) in [4.78, 5) is 4.12. The van der Waals surface area contributed by atoms with Crippen molar-refractivity contribution in [1.29, 1.82) is 5.26 Å². The highest BCUT2D eigenvalue weighted by atomic mass is 16.5. The van der Waals surface area contributed by atoms with Gasteiger partial charge in [-0.2, -0.15) is 5.26 Å². The minimum absolute atomic E-state index is 0.289. The highest BCUT2D eigenvalue weighted by Crippen LogP contribution is 2.26. The molecule has 0 bridgehead atoms. The molecule has 2 unspecified atom stereocenters. The van der Waals surface area contributed by atoms with Crippen LogP contribution in [-0.2, 0) is 6.42 Å². The van der Waals surface area contributed by atoms with Gasteiger partial charge in [0.1, 0.15) is 11.7 Å². The summed E-state index contributed by atoms with van der Waals surface area (Å²) in [7, 11) is 0. The minimum atomic E-state index is -0.526. The summed E-state index contributed by atoms with van der Waals surface area (Å²) in [5.41, 5.74) is 6.45. The van der Waals surface area contributed by atoms with Gasteiger partial charge >= 0.3 is 0 Å². The molecule has 2 N–H and O–H groups in total. The number of hydrogen-bond acceptors (Lipinski definition) is 4. The smallest absolute Gasteiger partial charge is 0.164 e. The molecule has 0 saturated carbocycles. The van der Waals surface area contributed by atoms with Gasteiger partial charge < -0.3 is 4.74 Å². The summed E-state index contributed by atoms with van der Waals surface area (Å²) in [6.45, 7) is 0. The summed E-state index contributed by atoms with van der Waals surface area (Å²) >= 11 is 0. The first kappa shape index (κ1) is 8.02. The molecule has 0 amide bonds. The van der Waals surface area contributed by atoms with Crippen LogP contribution in [0.2, 0.25) is 0 Å². The molecular formula is C9H9N3O. The Morgan fingerprint density at radius 1 is 1.69 bits per heavy atom. The van der Waals surface area contributed by atoms with Gasteiger partial charge in [-0.3, -0.25) is 10.7 Å². The van der Waals surface area contributed by atoms with Crippen molar-refractivity contribution >= 4 is 0 Å². The van der Waals surface area contributed by atoms with Crippen LogP contribution >= 0.6 is 0 Å². The SMILES string of the molecule is N#CC1Cc2ncccc2OC1N. The number of nitrogens with two attached hydrogens (primary N) is 1. The van der Waals surface area contributed by atoms with Crippen LogP contribution < -0.4 is 10.5 Å². The topological polar surface area (TPSA) is 71.9 Å². The van der Waals surface area contributed by atoms with Crippen LogP contribution in [0.4, 0.5) is 0 Å². The number of hydrogen-bond donors (Lipinski definition) is 1. The molecule has 4 heteroatoms. The first-order chi connectivity index (χ1) is 6.31. The average Bonchev–Trinajstić information content (AvgIpc) is 2.17. The maximum atomic E-state index is 8.75. The zero-order valence-corrected chi connectivity index (χ0v) is 6.97. The lowest BCUT2D eigenvalue weighted by atomic mass is 10.00. The normalized spacial score (nSPS) is 25.5. The first-order valence-electron chi connectivity index (χ1n) is 4.07. The van der Waals surface area contributed by atoms with Gasteiger partial charge in [0.2, 0.25) is 0 Å². The van der Waals surface area contributed by atoms with Gasteiger partial charge in [-0.05, 0) is 12.1 Å². The molecule has 2 rings (SSSR count). The molecule has 0 aromatic carbocycles. The van der Waals surface area contributed by atoms with Gasteiger partial charge in [0.15, 0.2) is 6.23 Å². The van der Waals surface area contributed by atoms with Gasteiger partial charge in [0.05, 0.1) is 11.8 Å². The zero-order chi connectivity index (χ0) is 9.26. The van der Waals surface area contributed by atoms with Gasteiger partial charge in [0, 0.05) is 12.6 Å². The third-order valence-electron chi connectivity index (χ3n) is 2.09. The van der Waals surface area contributed by atoms with Crippen LogP contribution in [0.1, 0.15) is 5.69 Å². The Labute approximate surface area is 76.0 Å². The van der Waals surface area contributed by atoms with E-state index in [0.29, 0.717) is 12.2 Å². The Bertz CT molecular complexity index is 358. The first-order valence-corrected chi connectivity index (χ1v) is 4.07. The monoisotopic (exact) mass is 175 g/mol. The summed E-state index contributed by atoms with van der Waals surface area (Å²) in [6.07, 6.45) is 1.74. The van der Waals surface area contributed by atoms with E-state index in [2.05, 4.69) is 11.1 Å². The van der Waals surface area contributed by atoms with E-state index in [0.717, 1.165) is 5.69 Å². The van der Waals surface area contributed by atoms with Crippen LogP contribution in [0.3, 0.4) is 0 Å². The van der Waals surface area contributed by atoms with E-state index in [-0.39, 0.29) is 5.92 Å². The highest BCUT2D eigenvalue weighted by Gasteiger charge is 2.27. The molecule has 0 radical (unpaired) electrons. The van der Waals surface area contributed by atoms with E-state index in [4.69, 9.17) is 15.7 Å². The van der Waals surface area contributed by atoms with Crippen LogP contribution in [0.25, 0.3) is 0 Å². The summed E-state index contributed by atoms with van der Waals surface area (Å²) in [5, 5.41) is 8.75. The zero-order valence-electron chi connectivity index (χ0n) is 6.97. The maximum Gasteiger partial charge on any atom is 0.164 e. The number of aromatic nitrogens is 1. The van der Waals surface area contributed by atoms with E-state index in [1.807, 2.05) is 6.07 Å². The molecule has 0 aliphatic carbocycles. The molecule has 13 heavy (non-hydrogen) atoms. The fourth-order valence-electron chi connectivity index (χ4n) is 1.36. The molecular weight excluding hydrogens is 166 g/mol. The van der Waals surface area contributed by atoms with E-state index >= 15 is 0 Å². The molecule has 0 saturated heterocycles. The second kappa shape index (κ2) is 3.04.